The van der Waals surface area contributed by atoms with E-state index in [0.29, 0.717) is 29.4 Å². The molecule has 0 saturated heterocycles. The maximum atomic E-state index is 10.2. The number of hydrogen-bond donors (Lipinski definition) is 2. The number of ether oxygens (including phenoxy) is 3. The standard InChI is InChI=1S/C20H26N2O4/c1-22-6-5-12-8-18(24-2)17(23)10-14(12)16(22)7-13-9-19(25-3)20(26-4)11-15(13)21/h8-11,16,23H,5-7,21H2,1-4H3. The molecule has 6 heteroatoms. The van der Waals surface area contributed by atoms with Crippen molar-refractivity contribution in [3.63, 3.8) is 0 Å². The molecular formula is C20H26N2O4. The largest absolute Gasteiger partial charge is 0.504 e. The second-order valence-corrected chi connectivity index (χ2v) is 6.58. The minimum absolute atomic E-state index is 0.107. The van der Waals surface area contributed by atoms with Crippen LogP contribution in [0.3, 0.4) is 0 Å². The van der Waals surface area contributed by atoms with Crippen molar-refractivity contribution in [2.45, 2.75) is 18.9 Å². The molecule has 1 atom stereocenters. The molecule has 0 bridgehead atoms. The van der Waals surface area contributed by atoms with Crippen LogP contribution in [0.2, 0.25) is 0 Å². The topological polar surface area (TPSA) is 77.2 Å². The van der Waals surface area contributed by atoms with Crippen molar-refractivity contribution in [3.8, 4) is 23.0 Å². The van der Waals surface area contributed by atoms with Gasteiger partial charge in [-0.1, -0.05) is 0 Å². The number of nitrogens with zero attached hydrogens (tertiary/aromatic N) is 1. The molecule has 0 fully saturated rings. The molecule has 0 amide bonds. The number of phenols is 1. The highest BCUT2D eigenvalue weighted by atomic mass is 16.5. The lowest BCUT2D eigenvalue weighted by molar-refractivity contribution is 0.228. The third-order valence-corrected chi connectivity index (χ3v) is 5.12. The molecule has 1 heterocycles. The number of benzene rings is 2. The summed E-state index contributed by atoms with van der Waals surface area (Å²) in [4.78, 5) is 2.28. The molecule has 3 rings (SSSR count). The maximum Gasteiger partial charge on any atom is 0.162 e. The Kier molecular flexibility index (Phi) is 5.13. The van der Waals surface area contributed by atoms with E-state index in [2.05, 4.69) is 11.9 Å². The summed E-state index contributed by atoms with van der Waals surface area (Å²) < 4.78 is 16.0. The number of phenolic OH excluding ortho intramolecular Hbond substituents is 1. The van der Waals surface area contributed by atoms with Crippen LogP contribution < -0.4 is 19.9 Å². The summed E-state index contributed by atoms with van der Waals surface area (Å²) in [6.45, 7) is 0.929. The molecule has 1 aliphatic rings. The lowest BCUT2D eigenvalue weighted by atomic mass is 9.88. The quantitative estimate of drug-likeness (QED) is 0.801. The average molecular weight is 358 g/mol. The minimum atomic E-state index is 0.107. The van der Waals surface area contributed by atoms with E-state index in [1.165, 1.54) is 5.56 Å². The highest BCUT2D eigenvalue weighted by Gasteiger charge is 2.27. The first-order valence-electron chi connectivity index (χ1n) is 8.58. The predicted molar refractivity (Wildman–Crippen MR) is 101 cm³/mol. The Morgan fingerprint density at radius 3 is 2.35 bits per heavy atom. The van der Waals surface area contributed by atoms with E-state index in [4.69, 9.17) is 19.9 Å². The highest BCUT2D eigenvalue weighted by Crippen LogP contribution is 2.40. The molecule has 0 aliphatic carbocycles. The molecule has 2 aromatic carbocycles. The first-order valence-corrected chi connectivity index (χ1v) is 8.58. The normalized spacial score (nSPS) is 16.8. The third kappa shape index (κ3) is 3.24. The Hall–Kier alpha value is -2.60. The Morgan fingerprint density at radius 2 is 1.69 bits per heavy atom. The number of methoxy groups -OCH3 is 3. The van der Waals surface area contributed by atoms with E-state index >= 15 is 0 Å². The number of nitrogens with two attached hydrogens (primary N) is 1. The van der Waals surface area contributed by atoms with Gasteiger partial charge in [0.2, 0.25) is 0 Å². The van der Waals surface area contributed by atoms with Gasteiger partial charge in [-0.3, -0.25) is 4.90 Å². The first-order chi connectivity index (χ1) is 12.5. The molecule has 1 aliphatic heterocycles. The summed E-state index contributed by atoms with van der Waals surface area (Å²) in [5, 5.41) is 10.2. The van der Waals surface area contributed by atoms with Crippen molar-refractivity contribution < 1.29 is 19.3 Å². The van der Waals surface area contributed by atoms with Gasteiger partial charge in [0.15, 0.2) is 23.0 Å². The van der Waals surface area contributed by atoms with E-state index in [1.54, 1.807) is 27.4 Å². The van der Waals surface area contributed by atoms with Crippen LogP contribution in [0.4, 0.5) is 5.69 Å². The van der Waals surface area contributed by atoms with Crippen molar-refractivity contribution >= 4 is 5.69 Å². The van der Waals surface area contributed by atoms with Gasteiger partial charge in [-0.25, -0.2) is 0 Å². The summed E-state index contributed by atoms with van der Waals surface area (Å²) in [5.41, 5.74) is 10.2. The van der Waals surface area contributed by atoms with Gasteiger partial charge < -0.3 is 25.1 Å². The van der Waals surface area contributed by atoms with Gasteiger partial charge in [-0.05, 0) is 54.8 Å². The number of hydrogen-bond acceptors (Lipinski definition) is 6. The lowest BCUT2D eigenvalue weighted by Crippen LogP contribution is -2.33. The van der Waals surface area contributed by atoms with Crippen molar-refractivity contribution in [3.05, 3.63) is 41.0 Å². The summed E-state index contributed by atoms with van der Waals surface area (Å²) in [5.74, 6) is 1.95. The second kappa shape index (κ2) is 7.33. The molecule has 3 N–H and O–H groups in total. The zero-order valence-electron chi connectivity index (χ0n) is 15.7. The molecule has 0 radical (unpaired) electrons. The Balaban J connectivity index is 1.99. The Morgan fingerprint density at radius 1 is 1.04 bits per heavy atom. The molecule has 0 spiro atoms. The van der Waals surface area contributed by atoms with E-state index in [-0.39, 0.29) is 11.8 Å². The van der Waals surface area contributed by atoms with Crippen LogP contribution in [-0.2, 0) is 12.8 Å². The predicted octanol–water partition coefficient (Wildman–Crippen LogP) is 2.77. The third-order valence-electron chi connectivity index (χ3n) is 5.12. The lowest BCUT2D eigenvalue weighted by Gasteiger charge is -2.35. The van der Waals surface area contributed by atoms with E-state index in [1.807, 2.05) is 18.2 Å². The van der Waals surface area contributed by atoms with E-state index in [0.717, 1.165) is 24.1 Å². The second-order valence-electron chi connectivity index (χ2n) is 6.58. The molecule has 140 valence electrons. The first kappa shape index (κ1) is 18.2. The van der Waals surface area contributed by atoms with Gasteiger partial charge in [0, 0.05) is 24.3 Å². The summed E-state index contributed by atoms with van der Waals surface area (Å²) in [6.07, 6.45) is 1.63. The fourth-order valence-corrected chi connectivity index (χ4v) is 3.59. The van der Waals surface area contributed by atoms with Crippen molar-refractivity contribution in [1.82, 2.24) is 4.90 Å². The zero-order valence-corrected chi connectivity index (χ0v) is 15.7. The van der Waals surface area contributed by atoms with Gasteiger partial charge in [0.25, 0.3) is 0 Å². The van der Waals surface area contributed by atoms with Crippen LogP contribution in [0.5, 0.6) is 23.0 Å². The fraction of sp³-hybridized carbons (Fsp3) is 0.400. The molecule has 6 nitrogen and oxygen atoms in total. The monoisotopic (exact) mass is 358 g/mol. The van der Waals surface area contributed by atoms with Crippen LogP contribution in [0.1, 0.15) is 22.7 Å². The van der Waals surface area contributed by atoms with Crippen molar-refractivity contribution in [1.29, 1.82) is 0 Å². The number of fused-ring (bicyclic) bond motifs is 1. The number of rotatable bonds is 5. The van der Waals surface area contributed by atoms with Crippen LogP contribution in [0, 0.1) is 0 Å². The average Bonchev–Trinajstić information content (AvgIpc) is 2.64. The highest BCUT2D eigenvalue weighted by molar-refractivity contribution is 5.59. The summed E-state index contributed by atoms with van der Waals surface area (Å²) in [7, 11) is 6.87. The van der Waals surface area contributed by atoms with Crippen LogP contribution in [-0.4, -0.2) is 44.9 Å². The molecule has 0 aromatic heterocycles. The fourth-order valence-electron chi connectivity index (χ4n) is 3.59. The Bertz CT molecular complexity index is 807. The number of likely N-dealkylation sites (N-methyl/N-ethyl adjacent to an activating group) is 1. The smallest absolute Gasteiger partial charge is 0.162 e. The van der Waals surface area contributed by atoms with Gasteiger partial charge >= 0.3 is 0 Å². The van der Waals surface area contributed by atoms with E-state index < -0.39 is 0 Å². The van der Waals surface area contributed by atoms with Gasteiger partial charge in [0.1, 0.15) is 0 Å². The van der Waals surface area contributed by atoms with Crippen molar-refractivity contribution in [2.24, 2.45) is 0 Å². The van der Waals surface area contributed by atoms with Crippen LogP contribution in [0.15, 0.2) is 24.3 Å². The number of nitrogen functional groups attached to an aromatic ring is 1. The zero-order chi connectivity index (χ0) is 18.8. The van der Waals surface area contributed by atoms with Crippen molar-refractivity contribution in [2.75, 3.05) is 40.7 Å². The van der Waals surface area contributed by atoms with Crippen LogP contribution in [0.25, 0.3) is 0 Å². The van der Waals surface area contributed by atoms with Crippen LogP contribution >= 0.6 is 0 Å². The van der Waals surface area contributed by atoms with E-state index in [9.17, 15) is 5.11 Å². The summed E-state index contributed by atoms with van der Waals surface area (Å²) >= 11 is 0. The SMILES string of the molecule is COc1cc2c(cc1O)C(Cc1cc(OC)c(OC)cc1N)N(C)CC2. The molecule has 26 heavy (non-hydrogen) atoms. The Labute approximate surface area is 154 Å². The van der Waals surface area contributed by atoms with Gasteiger partial charge in [0.05, 0.1) is 21.3 Å². The number of anilines is 1. The number of aromatic hydroxyl groups is 1. The summed E-state index contributed by atoms with van der Waals surface area (Å²) in [6, 6.07) is 7.58. The molecular weight excluding hydrogens is 332 g/mol. The van der Waals surface area contributed by atoms with Gasteiger partial charge in [-0.2, -0.15) is 0 Å². The maximum absolute atomic E-state index is 10.2. The van der Waals surface area contributed by atoms with Gasteiger partial charge in [-0.15, -0.1) is 0 Å². The molecule has 1 unspecified atom stereocenters. The molecule has 0 saturated carbocycles. The molecule has 2 aromatic rings. The minimum Gasteiger partial charge on any atom is -0.504 e.